The van der Waals surface area contributed by atoms with Crippen LogP contribution < -0.4 is 9.47 Å². The molecule has 2 rings (SSSR count). The molecule has 5 heteroatoms. The summed E-state index contributed by atoms with van der Waals surface area (Å²) in [4.78, 5) is 22.8. The van der Waals surface area contributed by atoms with E-state index in [1.165, 1.54) is 6.07 Å². The second kappa shape index (κ2) is 6.24. The number of esters is 2. The monoisotopic (exact) mass is 302 g/mol. The van der Waals surface area contributed by atoms with Crippen molar-refractivity contribution < 1.29 is 19.1 Å². The predicted molar refractivity (Wildman–Crippen MR) is 80.6 cm³/mol. The molecule has 0 atom stereocenters. The minimum Gasteiger partial charge on any atom is -0.423 e. The summed E-state index contributed by atoms with van der Waals surface area (Å²) in [6.45, 7) is 6.68. The van der Waals surface area contributed by atoms with Crippen molar-refractivity contribution in [3.63, 3.8) is 0 Å². The van der Waals surface area contributed by atoms with Crippen LogP contribution in [0.2, 0.25) is 5.02 Å². The van der Waals surface area contributed by atoms with Gasteiger partial charge in [0.25, 0.3) is 0 Å². The van der Waals surface area contributed by atoms with Gasteiger partial charge >= 0.3 is 11.9 Å². The van der Waals surface area contributed by atoms with Gasteiger partial charge in [0.2, 0.25) is 0 Å². The Kier molecular flexibility index (Phi) is 4.40. The molecular weight excluding hydrogens is 292 g/mol. The molecule has 0 saturated heterocycles. The number of carbonyl (C=O) groups is 2. The number of carbonyl (C=O) groups excluding carboxylic acids is 2. The molecule has 106 valence electrons. The average Bonchev–Trinajstić information content (AvgIpc) is 2.50. The lowest BCUT2D eigenvalue weighted by Gasteiger charge is -2.12. The molecule has 0 fully saturated rings. The first-order chi connectivity index (χ1) is 10.1. The topological polar surface area (TPSA) is 52.6 Å². The van der Waals surface area contributed by atoms with Gasteiger partial charge in [-0.1, -0.05) is 49.0 Å². The van der Waals surface area contributed by atoms with Crippen molar-refractivity contribution in [2.45, 2.75) is 0 Å². The number of hydrogen-bond donors (Lipinski definition) is 0. The molecule has 0 bridgehead atoms. The van der Waals surface area contributed by atoms with Crippen LogP contribution in [0.3, 0.4) is 0 Å². The van der Waals surface area contributed by atoms with Gasteiger partial charge < -0.3 is 9.47 Å². The highest BCUT2D eigenvalue weighted by Crippen LogP contribution is 2.39. The second-order valence-corrected chi connectivity index (χ2v) is 4.39. The van der Waals surface area contributed by atoms with Crippen molar-refractivity contribution in [2.75, 3.05) is 0 Å². The van der Waals surface area contributed by atoms with Crippen molar-refractivity contribution >= 4 is 34.3 Å². The third-order valence-corrected chi connectivity index (χ3v) is 2.94. The van der Waals surface area contributed by atoms with Crippen LogP contribution in [0.25, 0.3) is 10.8 Å². The minimum absolute atomic E-state index is 0.149. The summed E-state index contributed by atoms with van der Waals surface area (Å²) in [5, 5.41) is 1.28. The van der Waals surface area contributed by atoms with E-state index in [2.05, 4.69) is 13.2 Å². The minimum atomic E-state index is -0.627. The first-order valence-electron chi connectivity index (χ1n) is 5.96. The molecule has 0 aliphatic carbocycles. The summed E-state index contributed by atoms with van der Waals surface area (Å²) in [6.07, 6.45) is 2.09. The molecule has 0 N–H and O–H groups in total. The van der Waals surface area contributed by atoms with E-state index in [-0.39, 0.29) is 16.5 Å². The van der Waals surface area contributed by atoms with Crippen molar-refractivity contribution in [2.24, 2.45) is 0 Å². The highest BCUT2D eigenvalue weighted by molar-refractivity contribution is 6.34. The molecule has 0 spiro atoms. The van der Waals surface area contributed by atoms with Crippen LogP contribution in [0.5, 0.6) is 11.5 Å². The summed E-state index contributed by atoms with van der Waals surface area (Å²) in [5.74, 6) is -0.778. The van der Waals surface area contributed by atoms with Crippen molar-refractivity contribution in [1.29, 1.82) is 0 Å². The van der Waals surface area contributed by atoms with Crippen molar-refractivity contribution in [1.82, 2.24) is 0 Å². The van der Waals surface area contributed by atoms with Gasteiger partial charge in [0.05, 0.1) is 5.02 Å². The van der Waals surface area contributed by atoms with Crippen LogP contribution in [0.1, 0.15) is 0 Å². The summed E-state index contributed by atoms with van der Waals surface area (Å²) < 4.78 is 10.3. The Bertz CT molecular complexity index is 749. The van der Waals surface area contributed by atoms with E-state index in [0.29, 0.717) is 10.8 Å². The van der Waals surface area contributed by atoms with Crippen molar-refractivity contribution in [3.05, 3.63) is 60.7 Å². The predicted octanol–water partition coefficient (Wildman–Crippen LogP) is 3.68. The number of halogens is 1. The number of benzene rings is 2. The van der Waals surface area contributed by atoms with E-state index < -0.39 is 11.9 Å². The van der Waals surface area contributed by atoms with Crippen LogP contribution in [-0.2, 0) is 9.59 Å². The van der Waals surface area contributed by atoms with Crippen molar-refractivity contribution in [3.8, 4) is 11.5 Å². The first-order valence-corrected chi connectivity index (χ1v) is 6.34. The maximum Gasteiger partial charge on any atom is 0.335 e. The molecule has 0 heterocycles. The van der Waals surface area contributed by atoms with Gasteiger partial charge in [-0.2, -0.15) is 0 Å². The van der Waals surface area contributed by atoms with Crippen LogP contribution in [0, 0.1) is 0 Å². The van der Waals surface area contributed by atoms with Crippen LogP contribution in [0.15, 0.2) is 55.6 Å². The molecule has 0 amide bonds. The van der Waals surface area contributed by atoms with Gasteiger partial charge in [0, 0.05) is 29.0 Å². The largest absolute Gasteiger partial charge is 0.423 e. The quantitative estimate of drug-likeness (QED) is 0.491. The number of fused-ring (bicyclic) bond motifs is 1. The Morgan fingerprint density at radius 3 is 2.19 bits per heavy atom. The van der Waals surface area contributed by atoms with Gasteiger partial charge in [-0.3, -0.25) is 0 Å². The molecule has 0 saturated carbocycles. The van der Waals surface area contributed by atoms with E-state index in [1.54, 1.807) is 24.3 Å². The summed E-state index contributed by atoms with van der Waals surface area (Å²) in [5.41, 5.74) is 0. The Morgan fingerprint density at radius 2 is 1.57 bits per heavy atom. The molecule has 2 aromatic carbocycles. The first kappa shape index (κ1) is 14.8. The molecule has 0 aliphatic rings. The molecule has 4 nitrogen and oxygen atoms in total. The smallest absolute Gasteiger partial charge is 0.335 e. The summed E-state index contributed by atoms with van der Waals surface area (Å²) in [7, 11) is 0. The zero-order chi connectivity index (χ0) is 15.4. The molecule has 0 aromatic heterocycles. The van der Waals surface area contributed by atoms with Gasteiger partial charge in [-0.25, -0.2) is 9.59 Å². The Labute approximate surface area is 126 Å². The number of rotatable bonds is 4. The highest BCUT2D eigenvalue weighted by Gasteiger charge is 2.16. The SMILES string of the molecule is C=CC(=O)Oc1cc(Cl)c(OC(=O)C=C)c2ccccc12. The molecule has 0 unspecified atom stereocenters. The molecule has 0 radical (unpaired) electrons. The molecule has 2 aromatic rings. The van der Waals surface area contributed by atoms with E-state index in [0.717, 1.165) is 12.2 Å². The summed E-state index contributed by atoms with van der Waals surface area (Å²) in [6, 6.07) is 8.36. The third kappa shape index (κ3) is 3.12. The highest BCUT2D eigenvalue weighted by atomic mass is 35.5. The zero-order valence-corrected chi connectivity index (χ0v) is 11.7. The lowest BCUT2D eigenvalue weighted by molar-refractivity contribution is -0.129. The van der Waals surface area contributed by atoms with E-state index in [1.807, 2.05) is 0 Å². The van der Waals surface area contributed by atoms with Crippen LogP contribution in [-0.4, -0.2) is 11.9 Å². The normalized spacial score (nSPS) is 9.95. The Balaban J connectivity index is 2.62. The standard InChI is InChI=1S/C16H11ClO4/c1-3-14(18)20-13-9-12(17)16(21-15(19)4-2)11-8-6-5-7-10(11)13/h3-9H,1-2H2. The number of ether oxygens (including phenoxy) is 2. The van der Waals surface area contributed by atoms with Gasteiger partial charge in [-0.05, 0) is 0 Å². The molecular formula is C16H11ClO4. The third-order valence-electron chi connectivity index (χ3n) is 2.66. The van der Waals surface area contributed by atoms with Gasteiger partial charge in [0.15, 0.2) is 5.75 Å². The zero-order valence-electron chi connectivity index (χ0n) is 11.0. The fourth-order valence-electron chi connectivity index (χ4n) is 1.76. The van der Waals surface area contributed by atoms with E-state index >= 15 is 0 Å². The average molecular weight is 303 g/mol. The van der Waals surface area contributed by atoms with E-state index in [9.17, 15) is 9.59 Å². The van der Waals surface area contributed by atoms with Gasteiger partial charge in [-0.15, -0.1) is 0 Å². The fourth-order valence-corrected chi connectivity index (χ4v) is 2.00. The second-order valence-electron chi connectivity index (χ2n) is 3.98. The fraction of sp³-hybridized carbons (Fsp3) is 0. The maximum absolute atomic E-state index is 11.4. The van der Waals surface area contributed by atoms with E-state index in [4.69, 9.17) is 21.1 Å². The Hall–Kier alpha value is -2.59. The number of hydrogen-bond acceptors (Lipinski definition) is 4. The lowest BCUT2D eigenvalue weighted by Crippen LogP contribution is -2.06. The lowest BCUT2D eigenvalue weighted by atomic mass is 10.1. The maximum atomic E-state index is 11.4. The van der Waals surface area contributed by atoms with Crippen LogP contribution >= 0.6 is 11.6 Å². The van der Waals surface area contributed by atoms with Crippen LogP contribution in [0.4, 0.5) is 0 Å². The molecule has 0 aliphatic heterocycles. The summed E-state index contributed by atoms with van der Waals surface area (Å²) >= 11 is 6.11. The molecule has 21 heavy (non-hydrogen) atoms. The Morgan fingerprint density at radius 1 is 1.00 bits per heavy atom. The van der Waals surface area contributed by atoms with Gasteiger partial charge in [0.1, 0.15) is 5.75 Å².